The van der Waals surface area contributed by atoms with Crippen molar-refractivity contribution in [1.82, 2.24) is 4.98 Å². The van der Waals surface area contributed by atoms with Crippen LogP contribution in [-0.4, -0.2) is 16.1 Å². The third-order valence-electron chi connectivity index (χ3n) is 3.97. The van der Waals surface area contributed by atoms with Gasteiger partial charge >= 0.3 is 5.97 Å². The van der Waals surface area contributed by atoms with Gasteiger partial charge < -0.3 is 9.84 Å². The number of aliphatic carboxylic acids is 1. The predicted octanol–water partition coefficient (Wildman–Crippen LogP) is 4.63. The first-order valence-electron chi connectivity index (χ1n) is 7.97. The number of carbonyl (C=O) groups is 1. The van der Waals surface area contributed by atoms with Gasteiger partial charge in [0.05, 0.1) is 12.1 Å². The average Bonchev–Trinajstić information content (AvgIpc) is 3.04. The molecule has 0 aliphatic carbocycles. The van der Waals surface area contributed by atoms with Crippen LogP contribution in [0.3, 0.4) is 0 Å². The fraction of sp³-hybridized carbons (Fsp3) is 0.200. The molecule has 128 valence electrons. The van der Waals surface area contributed by atoms with Crippen molar-refractivity contribution in [1.29, 1.82) is 0 Å². The molecule has 3 aromatic rings. The number of thiazole rings is 1. The normalized spacial score (nSPS) is 10.6. The zero-order valence-electron chi connectivity index (χ0n) is 14.2. The molecule has 0 saturated heterocycles. The molecule has 25 heavy (non-hydrogen) atoms. The van der Waals surface area contributed by atoms with Crippen LogP contribution in [0.5, 0.6) is 5.75 Å². The van der Waals surface area contributed by atoms with Gasteiger partial charge in [-0.2, -0.15) is 0 Å². The lowest BCUT2D eigenvalue weighted by molar-refractivity contribution is -0.136. The fourth-order valence-electron chi connectivity index (χ4n) is 2.39. The van der Waals surface area contributed by atoms with Gasteiger partial charge in [-0.15, -0.1) is 11.3 Å². The monoisotopic (exact) mass is 353 g/mol. The Morgan fingerprint density at radius 3 is 2.56 bits per heavy atom. The van der Waals surface area contributed by atoms with Crippen LogP contribution in [0.15, 0.2) is 47.8 Å². The molecule has 0 aliphatic heterocycles. The standard InChI is InChI=1S/C20H19NO3S/c1-13-3-8-18(9-14(13)2)24-11-15-4-6-16(7-5-15)20-21-17(12-25-20)10-19(22)23/h3-9,12H,10-11H2,1-2H3,(H,22,23). The second-order valence-electron chi connectivity index (χ2n) is 5.95. The van der Waals surface area contributed by atoms with Crippen molar-refractivity contribution in [2.75, 3.05) is 0 Å². The third kappa shape index (κ3) is 4.45. The number of hydrogen-bond donors (Lipinski definition) is 1. The molecule has 0 aliphatic rings. The van der Waals surface area contributed by atoms with Crippen LogP contribution in [0.1, 0.15) is 22.4 Å². The summed E-state index contributed by atoms with van der Waals surface area (Å²) in [5.41, 5.74) is 5.12. The first-order valence-corrected chi connectivity index (χ1v) is 8.85. The molecule has 1 aromatic heterocycles. The molecule has 0 spiro atoms. The summed E-state index contributed by atoms with van der Waals surface area (Å²) in [4.78, 5) is 15.1. The summed E-state index contributed by atoms with van der Waals surface area (Å²) in [7, 11) is 0. The van der Waals surface area contributed by atoms with E-state index < -0.39 is 5.97 Å². The van der Waals surface area contributed by atoms with Crippen LogP contribution in [0, 0.1) is 13.8 Å². The van der Waals surface area contributed by atoms with Gasteiger partial charge in [0, 0.05) is 10.9 Å². The lowest BCUT2D eigenvalue weighted by atomic mass is 10.1. The van der Waals surface area contributed by atoms with E-state index in [0.717, 1.165) is 21.9 Å². The van der Waals surface area contributed by atoms with Gasteiger partial charge in [-0.25, -0.2) is 4.98 Å². The van der Waals surface area contributed by atoms with E-state index in [9.17, 15) is 4.79 Å². The summed E-state index contributed by atoms with van der Waals surface area (Å²) in [6, 6.07) is 14.1. The molecule has 4 nitrogen and oxygen atoms in total. The Kier molecular flexibility index (Phi) is 5.14. The predicted molar refractivity (Wildman–Crippen MR) is 99.1 cm³/mol. The van der Waals surface area contributed by atoms with Gasteiger partial charge in [0.15, 0.2) is 0 Å². The highest BCUT2D eigenvalue weighted by molar-refractivity contribution is 7.13. The quantitative estimate of drug-likeness (QED) is 0.702. The Morgan fingerprint density at radius 2 is 1.88 bits per heavy atom. The Morgan fingerprint density at radius 1 is 1.12 bits per heavy atom. The second kappa shape index (κ2) is 7.49. The number of hydrogen-bond acceptors (Lipinski definition) is 4. The Balaban J connectivity index is 1.64. The minimum absolute atomic E-state index is 0.0433. The van der Waals surface area contributed by atoms with Crippen molar-refractivity contribution in [2.24, 2.45) is 0 Å². The fourth-order valence-corrected chi connectivity index (χ4v) is 3.22. The van der Waals surface area contributed by atoms with E-state index in [1.165, 1.54) is 22.5 Å². The molecule has 0 radical (unpaired) electrons. The number of ether oxygens (including phenoxy) is 1. The van der Waals surface area contributed by atoms with E-state index in [1.807, 2.05) is 36.4 Å². The zero-order valence-corrected chi connectivity index (χ0v) is 15.0. The lowest BCUT2D eigenvalue weighted by Gasteiger charge is -2.09. The second-order valence-corrected chi connectivity index (χ2v) is 6.80. The number of aromatic nitrogens is 1. The molecule has 0 unspecified atom stereocenters. The number of carboxylic acids is 1. The van der Waals surface area contributed by atoms with E-state index in [2.05, 4.69) is 24.9 Å². The van der Waals surface area contributed by atoms with Crippen LogP contribution in [0.25, 0.3) is 10.6 Å². The molecule has 0 atom stereocenters. The van der Waals surface area contributed by atoms with Gasteiger partial charge in [-0.3, -0.25) is 4.79 Å². The van der Waals surface area contributed by atoms with Crippen molar-refractivity contribution >= 4 is 17.3 Å². The molecule has 1 heterocycles. The van der Waals surface area contributed by atoms with Gasteiger partial charge in [-0.05, 0) is 42.7 Å². The Hall–Kier alpha value is -2.66. The molecule has 0 amide bonds. The summed E-state index contributed by atoms with van der Waals surface area (Å²) >= 11 is 1.46. The van der Waals surface area contributed by atoms with Crippen molar-refractivity contribution in [3.63, 3.8) is 0 Å². The minimum Gasteiger partial charge on any atom is -0.489 e. The highest BCUT2D eigenvalue weighted by Gasteiger charge is 2.08. The molecule has 0 saturated carbocycles. The van der Waals surface area contributed by atoms with Crippen LogP contribution < -0.4 is 4.74 Å². The molecular weight excluding hydrogens is 334 g/mol. The molecule has 2 aromatic carbocycles. The minimum atomic E-state index is -0.865. The number of aryl methyl sites for hydroxylation is 2. The largest absolute Gasteiger partial charge is 0.489 e. The molecular formula is C20H19NO3S. The maximum atomic E-state index is 10.7. The van der Waals surface area contributed by atoms with E-state index in [-0.39, 0.29) is 6.42 Å². The molecule has 5 heteroatoms. The Labute approximate surface area is 150 Å². The SMILES string of the molecule is Cc1ccc(OCc2ccc(-c3nc(CC(=O)O)cs3)cc2)cc1C. The van der Waals surface area contributed by atoms with E-state index in [1.54, 1.807) is 5.38 Å². The molecule has 3 rings (SSSR count). The van der Waals surface area contributed by atoms with Crippen molar-refractivity contribution in [3.05, 3.63) is 70.2 Å². The number of rotatable bonds is 6. The zero-order chi connectivity index (χ0) is 17.8. The summed E-state index contributed by atoms with van der Waals surface area (Å²) in [6.07, 6.45) is -0.0433. The average molecular weight is 353 g/mol. The third-order valence-corrected chi connectivity index (χ3v) is 4.91. The first kappa shape index (κ1) is 17.2. The van der Waals surface area contributed by atoms with Gasteiger partial charge in [0.25, 0.3) is 0 Å². The topological polar surface area (TPSA) is 59.4 Å². The van der Waals surface area contributed by atoms with Crippen molar-refractivity contribution < 1.29 is 14.6 Å². The van der Waals surface area contributed by atoms with Crippen molar-refractivity contribution in [2.45, 2.75) is 26.9 Å². The molecule has 1 N–H and O–H groups in total. The van der Waals surface area contributed by atoms with Crippen LogP contribution in [-0.2, 0) is 17.8 Å². The highest BCUT2D eigenvalue weighted by Crippen LogP contribution is 2.25. The van der Waals surface area contributed by atoms with E-state index in [0.29, 0.717) is 12.3 Å². The number of carboxylic acid groups (broad SMARTS) is 1. The number of nitrogens with zero attached hydrogens (tertiary/aromatic N) is 1. The maximum absolute atomic E-state index is 10.7. The first-order chi connectivity index (χ1) is 12.0. The summed E-state index contributed by atoms with van der Waals surface area (Å²) in [5, 5.41) is 11.4. The summed E-state index contributed by atoms with van der Waals surface area (Å²) < 4.78 is 5.84. The molecule has 0 bridgehead atoms. The van der Waals surface area contributed by atoms with Gasteiger partial charge in [0.1, 0.15) is 17.4 Å². The smallest absolute Gasteiger partial charge is 0.309 e. The van der Waals surface area contributed by atoms with Crippen LogP contribution in [0.2, 0.25) is 0 Å². The maximum Gasteiger partial charge on any atom is 0.309 e. The van der Waals surface area contributed by atoms with Crippen LogP contribution in [0.4, 0.5) is 0 Å². The van der Waals surface area contributed by atoms with E-state index >= 15 is 0 Å². The van der Waals surface area contributed by atoms with Crippen molar-refractivity contribution in [3.8, 4) is 16.3 Å². The number of benzene rings is 2. The summed E-state index contributed by atoms with van der Waals surface area (Å²) in [6.45, 7) is 4.66. The van der Waals surface area contributed by atoms with Gasteiger partial charge in [-0.1, -0.05) is 30.3 Å². The molecule has 0 fully saturated rings. The Bertz CT molecular complexity index is 884. The summed E-state index contributed by atoms with van der Waals surface area (Å²) in [5.74, 6) is 0.00102. The highest BCUT2D eigenvalue weighted by atomic mass is 32.1. The van der Waals surface area contributed by atoms with Crippen LogP contribution >= 0.6 is 11.3 Å². The lowest BCUT2D eigenvalue weighted by Crippen LogP contribution is -1.99. The van der Waals surface area contributed by atoms with E-state index in [4.69, 9.17) is 9.84 Å². The van der Waals surface area contributed by atoms with Gasteiger partial charge in [0.2, 0.25) is 0 Å².